The summed E-state index contributed by atoms with van der Waals surface area (Å²) < 4.78 is 0. The summed E-state index contributed by atoms with van der Waals surface area (Å²) in [5.41, 5.74) is 0. The number of carbonyl (C=O) groups excluding carboxylic acids is 1. The Morgan fingerprint density at radius 1 is 1.50 bits per heavy atom. The van der Waals surface area contributed by atoms with Crippen LogP contribution in [0.5, 0.6) is 0 Å². The van der Waals surface area contributed by atoms with E-state index in [1.165, 1.54) is 6.92 Å². The van der Waals surface area contributed by atoms with Crippen LogP contribution >= 0.6 is 11.8 Å². The van der Waals surface area contributed by atoms with Crippen molar-refractivity contribution in [3.8, 4) is 0 Å². The lowest BCUT2D eigenvalue weighted by molar-refractivity contribution is -0.119. The van der Waals surface area contributed by atoms with Gasteiger partial charge in [-0.2, -0.15) is 0 Å². The number of aliphatic imine (C=N–C) groups is 1. The molecule has 0 aromatic carbocycles. The van der Waals surface area contributed by atoms with Crippen LogP contribution in [0.4, 0.5) is 0 Å². The number of thioether (sulfide) groups is 1. The number of hydrogen-bond acceptors (Lipinski definition) is 4. The molecule has 1 aliphatic heterocycles. The van der Waals surface area contributed by atoms with Crippen LogP contribution in [0.25, 0.3) is 0 Å². The van der Waals surface area contributed by atoms with Crippen LogP contribution in [0.3, 0.4) is 0 Å². The van der Waals surface area contributed by atoms with Crippen molar-refractivity contribution in [2.75, 3.05) is 32.4 Å². The molecule has 1 amide bonds. The van der Waals surface area contributed by atoms with Crippen LogP contribution in [-0.4, -0.2) is 54.6 Å². The third-order valence-electron chi connectivity index (χ3n) is 2.29. The maximum Gasteiger partial charge on any atom is 0.218 e. The first kappa shape index (κ1) is 13.3. The highest BCUT2D eigenvalue weighted by molar-refractivity contribution is 8.13. The first-order chi connectivity index (χ1) is 7.63. The lowest BCUT2D eigenvalue weighted by Crippen LogP contribution is -2.46. The third kappa shape index (κ3) is 4.40. The molecule has 0 saturated carbocycles. The Kier molecular flexibility index (Phi) is 5.62. The number of piperazine rings is 1. The Morgan fingerprint density at radius 3 is 2.62 bits per heavy atom. The fourth-order valence-corrected chi connectivity index (χ4v) is 2.32. The van der Waals surface area contributed by atoms with Crippen molar-refractivity contribution in [3.63, 3.8) is 0 Å². The SMILES string of the molecule is CSC(=NC(C)NC(C)=O)N1CCNCC1. The first-order valence-corrected chi connectivity index (χ1v) is 6.70. The van der Waals surface area contributed by atoms with Crippen molar-refractivity contribution < 1.29 is 4.79 Å². The number of nitrogens with zero attached hydrogens (tertiary/aromatic N) is 2. The molecule has 0 aliphatic carbocycles. The summed E-state index contributed by atoms with van der Waals surface area (Å²) in [4.78, 5) is 17.6. The van der Waals surface area contributed by atoms with Gasteiger partial charge >= 0.3 is 0 Å². The molecular weight excluding hydrogens is 224 g/mol. The van der Waals surface area contributed by atoms with E-state index in [0.717, 1.165) is 31.3 Å². The first-order valence-electron chi connectivity index (χ1n) is 5.48. The predicted octanol–water partition coefficient (Wildman–Crippen LogP) is 0.0927. The monoisotopic (exact) mass is 244 g/mol. The highest BCUT2D eigenvalue weighted by Gasteiger charge is 2.14. The molecule has 1 aliphatic rings. The standard InChI is InChI=1S/C10H20N4OS/c1-8(12-9(2)15)13-10(16-3)14-6-4-11-5-7-14/h8,11H,4-7H2,1-3H3,(H,12,15). The lowest BCUT2D eigenvalue weighted by Gasteiger charge is -2.30. The molecule has 92 valence electrons. The second kappa shape index (κ2) is 6.75. The number of amides is 1. The Balaban J connectivity index is 2.56. The molecule has 1 unspecified atom stereocenters. The minimum absolute atomic E-state index is 0.0444. The second-order valence-corrected chi connectivity index (χ2v) is 4.50. The molecule has 5 nitrogen and oxygen atoms in total. The van der Waals surface area contributed by atoms with Crippen molar-refractivity contribution in [1.82, 2.24) is 15.5 Å². The van der Waals surface area contributed by atoms with E-state index < -0.39 is 0 Å². The Hall–Kier alpha value is -0.750. The summed E-state index contributed by atoms with van der Waals surface area (Å²) in [7, 11) is 0. The van der Waals surface area contributed by atoms with Crippen LogP contribution in [0, 0.1) is 0 Å². The van der Waals surface area contributed by atoms with Gasteiger partial charge in [0.15, 0.2) is 5.17 Å². The van der Waals surface area contributed by atoms with Crippen LogP contribution < -0.4 is 10.6 Å². The Morgan fingerprint density at radius 2 is 2.12 bits per heavy atom. The minimum Gasteiger partial charge on any atom is -0.349 e. The van der Waals surface area contributed by atoms with Crippen LogP contribution in [-0.2, 0) is 4.79 Å². The molecule has 6 heteroatoms. The number of carbonyl (C=O) groups is 1. The Labute approximate surface area is 101 Å². The lowest BCUT2D eigenvalue weighted by atomic mass is 10.4. The van der Waals surface area contributed by atoms with E-state index in [1.54, 1.807) is 11.8 Å². The summed E-state index contributed by atoms with van der Waals surface area (Å²) in [5, 5.41) is 7.07. The zero-order valence-electron chi connectivity index (χ0n) is 10.1. The average molecular weight is 244 g/mol. The molecule has 1 atom stereocenters. The summed E-state index contributed by atoms with van der Waals surface area (Å²) >= 11 is 1.63. The van der Waals surface area contributed by atoms with E-state index in [-0.39, 0.29) is 12.1 Å². The van der Waals surface area contributed by atoms with Crippen LogP contribution in [0.2, 0.25) is 0 Å². The molecule has 0 bridgehead atoms. The van der Waals surface area contributed by atoms with E-state index in [4.69, 9.17) is 0 Å². The molecule has 1 rings (SSSR count). The van der Waals surface area contributed by atoms with Gasteiger partial charge in [0, 0.05) is 33.1 Å². The van der Waals surface area contributed by atoms with Crippen molar-refractivity contribution in [1.29, 1.82) is 0 Å². The molecular formula is C10H20N4OS. The van der Waals surface area contributed by atoms with Crippen molar-refractivity contribution >= 4 is 22.8 Å². The van der Waals surface area contributed by atoms with Crippen molar-refractivity contribution in [2.45, 2.75) is 20.0 Å². The van der Waals surface area contributed by atoms with E-state index in [9.17, 15) is 4.79 Å². The largest absolute Gasteiger partial charge is 0.349 e. The zero-order valence-corrected chi connectivity index (χ0v) is 10.9. The summed E-state index contributed by atoms with van der Waals surface area (Å²) in [6, 6.07) is 0. The smallest absolute Gasteiger partial charge is 0.218 e. The van der Waals surface area contributed by atoms with E-state index in [2.05, 4.69) is 20.5 Å². The van der Waals surface area contributed by atoms with Crippen molar-refractivity contribution in [3.05, 3.63) is 0 Å². The average Bonchev–Trinajstić information content (AvgIpc) is 2.26. The van der Waals surface area contributed by atoms with Gasteiger partial charge in [-0.05, 0) is 13.2 Å². The van der Waals surface area contributed by atoms with E-state index >= 15 is 0 Å². The quantitative estimate of drug-likeness (QED) is 0.534. The molecule has 16 heavy (non-hydrogen) atoms. The molecule has 0 radical (unpaired) electrons. The van der Waals surface area contributed by atoms with Gasteiger partial charge in [-0.3, -0.25) is 4.79 Å². The summed E-state index contributed by atoms with van der Waals surface area (Å²) in [6.45, 7) is 7.34. The van der Waals surface area contributed by atoms with Gasteiger partial charge in [-0.15, -0.1) is 0 Å². The molecule has 2 N–H and O–H groups in total. The number of nitrogens with one attached hydrogen (secondary N) is 2. The number of rotatable bonds is 2. The molecule has 1 saturated heterocycles. The highest BCUT2D eigenvalue weighted by atomic mass is 32.2. The summed E-state index contributed by atoms with van der Waals surface area (Å²) in [5.74, 6) is -0.0444. The number of amidine groups is 1. The fraction of sp³-hybridized carbons (Fsp3) is 0.800. The van der Waals surface area contributed by atoms with Crippen molar-refractivity contribution in [2.24, 2.45) is 4.99 Å². The van der Waals surface area contributed by atoms with Crippen LogP contribution in [0.1, 0.15) is 13.8 Å². The normalized spacial score (nSPS) is 19.4. The summed E-state index contributed by atoms with van der Waals surface area (Å²) in [6.07, 6.45) is 1.86. The maximum absolute atomic E-state index is 10.9. The van der Waals surface area contributed by atoms with Gasteiger partial charge in [0.1, 0.15) is 6.17 Å². The molecule has 1 heterocycles. The minimum atomic E-state index is -0.158. The van der Waals surface area contributed by atoms with Gasteiger partial charge in [-0.25, -0.2) is 4.99 Å². The van der Waals surface area contributed by atoms with Gasteiger partial charge in [-0.1, -0.05) is 11.8 Å². The second-order valence-electron chi connectivity index (χ2n) is 3.73. The van der Waals surface area contributed by atoms with Gasteiger partial charge < -0.3 is 15.5 Å². The maximum atomic E-state index is 10.9. The molecule has 0 aromatic rings. The van der Waals surface area contributed by atoms with E-state index in [0.29, 0.717) is 0 Å². The van der Waals surface area contributed by atoms with Gasteiger partial charge in [0.2, 0.25) is 5.91 Å². The van der Waals surface area contributed by atoms with Gasteiger partial charge in [0.05, 0.1) is 0 Å². The highest BCUT2D eigenvalue weighted by Crippen LogP contribution is 2.07. The molecule has 0 aromatic heterocycles. The van der Waals surface area contributed by atoms with Gasteiger partial charge in [0.25, 0.3) is 0 Å². The van der Waals surface area contributed by atoms with Crippen LogP contribution in [0.15, 0.2) is 4.99 Å². The predicted molar refractivity (Wildman–Crippen MR) is 68.7 cm³/mol. The number of hydrogen-bond donors (Lipinski definition) is 2. The van der Waals surface area contributed by atoms with E-state index in [1.807, 2.05) is 13.2 Å². The zero-order chi connectivity index (χ0) is 12.0. The molecule has 1 fully saturated rings. The molecule has 0 spiro atoms. The topological polar surface area (TPSA) is 56.7 Å². The Bertz CT molecular complexity index is 264. The fourth-order valence-electron chi connectivity index (χ4n) is 1.61. The third-order valence-corrected chi connectivity index (χ3v) is 3.02.